The molecule has 2 unspecified atom stereocenters. The predicted octanol–water partition coefficient (Wildman–Crippen LogP) is 15.0. The molecule has 6 aromatic heterocycles. The quantitative estimate of drug-likeness (QED) is 0.0398. The van der Waals surface area contributed by atoms with E-state index in [0.29, 0.717) is 51.1 Å². The van der Waals surface area contributed by atoms with Crippen LogP contribution in [-0.4, -0.2) is 90.3 Å². The monoisotopic (exact) mass is 1140 g/mol. The van der Waals surface area contributed by atoms with Gasteiger partial charge in [-0.1, -0.05) is 25.3 Å². The minimum Gasteiger partial charge on any atom is -0.481 e. The van der Waals surface area contributed by atoms with E-state index in [1.165, 1.54) is 0 Å². The third kappa shape index (κ3) is 11.3. The van der Waals surface area contributed by atoms with Crippen LogP contribution in [0.2, 0.25) is 0 Å². The van der Waals surface area contributed by atoms with Crippen LogP contribution in [0, 0.1) is 27.7 Å². The average molecular weight is 1140 g/mol. The van der Waals surface area contributed by atoms with Crippen LogP contribution < -0.4 is 0 Å². The summed E-state index contributed by atoms with van der Waals surface area (Å²) in [7, 11) is 0. The Hall–Kier alpha value is -9.48. The largest absolute Gasteiger partial charge is 0.481 e. The lowest BCUT2D eigenvalue weighted by molar-refractivity contribution is -0.137. The van der Waals surface area contributed by atoms with Crippen molar-refractivity contribution in [2.24, 2.45) is 0 Å². The number of carboxylic acid groups (broad SMARTS) is 4. The molecule has 2 atom stereocenters. The summed E-state index contributed by atoms with van der Waals surface area (Å²) >= 11 is 0. The highest BCUT2D eigenvalue weighted by atomic mass is 16.5. The van der Waals surface area contributed by atoms with Gasteiger partial charge in [-0.25, -0.2) is 19.9 Å². The molecule has 0 fully saturated rings. The number of carbonyl (C=O) groups is 4. The number of fused-ring (bicyclic) bond motifs is 16. The van der Waals surface area contributed by atoms with Crippen molar-refractivity contribution in [3.63, 3.8) is 0 Å². The van der Waals surface area contributed by atoms with Gasteiger partial charge in [0, 0.05) is 92.1 Å². The van der Waals surface area contributed by atoms with Gasteiger partial charge in [0.1, 0.15) is 0 Å². The number of aromatic amines is 4. The molecule has 10 rings (SSSR count). The second kappa shape index (κ2) is 23.3. The fourth-order valence-corrected chi connectivity index (χ4v) is 12.5. The molecule has 0 saturated heterocycles. The molecule has 17 nitrogen and oxygen atoms in total. The fraction of sp³-hybridized carbons (Fsp3) is 0.294. The molecule has 0 amide bonds. The highest BCUT2D eigenvalue weighted by Crippen LogP contribution is 2.43. The predicted molar refractivity (Wildman–Crippen MR) is 337 cm³/mol. The van der Waals surface area contributed by atoms with E-state index >= 15 is 0 Å². The Balaban J connectivity index is 1.16. The summed E-state index contributed by atoms with van der Waals surface area (Å²) in [6.07, 6.45) is 3.06. The van der Waals surface area contributed by atoms with Gasteiger partial charge >= 0.3 is 23.9 Å². The van der Waals surface area contributed by atoms with Crippen LogP contribution in [0.15, 0.2) is 61.7 Å². The van der Waals surface area contributed by atoms with E-state index in [9.17, 15) is 39.6 Å². The number of aryl methyl sites for hydroxylation is 5. The number of aliphatic carboxylic acids is 4. The number of H-pyrrole nitrogens is 4. The number of hydrogen-bond acceptors (Lipinski definition) is 9. The Labute approximate surface area is 491 Å². The number of ether oxygens (including phenoxy) is 1. The number of hydrogen-bond donors (Lipinski definition) is 8. The lowest BCUT2D eigenvalue weighted by atomic mass is 9.98. The fourth-order valence-electron chi connectivity index (χ4n) is 12.5. The Morgan fingerprint density at radius 2 is 0.776 bits per heavy atom. The lowest BCUT2D eigenvalue weighted by Gasteiger charge is -2.22. The average Bonchev–Trinajstić information content (AvgIpc) is 2.50. The first-order valence-electron chi connectivity index (χ1n) is 28.5. The Kier molecular flexibility index (Phi) is 16.1. The van der Waals surface area contributed by atoms with Crippen LogP contribution in [-0.2, 0) is 30.3 Å². The standard InChI is InChI=1S/C68H70N8O9/c1-13-41-31(3)51-27-61-67(37(9)53(75-61)23-47-33(5)43(15-19-63(77)78)57(71-47)29-59-45(17-21-65(81)82)35(7)49(73-59)25-55(41)69-51)39(11)85-40(12)68-38(10)54-24-48-34(6)44(16-20-64(79)80)58(72-48)30-60-46(18-22-66(83)84)36(8)50(74-60)26-56-42(14-2)32(4)52(70-56)28-62(68)76-54/h13-14,23-30,39-40,69-70,73,76H,1-2,15-22H2,3-12H3,(H,77,78)(H,79,80)(H,81,82)(H,83,84). The molecule has 0 saturated carbocycles. The molecule has 85 heavy (non-hydrogen) atoms. The van der Waals surface area contributed by atoms with Crippen molar-refractivity contribution in [1.82, 2.24) is 39.9 Å². The first kappa shape index (κ1) is 58.7. The van der Waals surface area contributed by atoms with Crippen LogP contribution in [0.1, 0.15) is 183 Å². The van der Waals surface area contributed by atoms with Crippen LogP contribution in [0.5, 0.6) is 0 Å². The van der Waals surface area contributed by atoms with E-state index in [1.807, 2.05) is 124 Å². The van der Waals surface area contributed by atoms with Crippen molar-refractivity contribution in [2.75, 3.05) is 0 Å². The molecule has 0 aliphatic carbocycles. The summed E-state index contributed by atoms with van der Waals surface area (Å²) in [5, 5.41) is 39.3. The highest BCUT2D eigenvalue weighted by molar-refractivity contribution is 5.99. The summed E-state index contributed by atoms with van der Waals surface area (Å²) in [5.74, 6) is -3.73. The van der Waals surface area contributed by atoms with Crippen molar-refractivity contribution in [1.29, 1.82) is 0 Å². The Bertz CT molecular complexity index is 4420. The van der Waals surface area contributed by atoms with Crippen molar-refractivity contribution in [2.45, 2.75) is 133 Å². The normalized spacial score (nSPS) is 14.1. The van der Waals surface area contributed by atoms with Crippen LogP contribution in [0.25, 0.3) is 101 Å². The summed E-state index contributed by atoms with van der Waals surface area (Å²) in [4.78, 5) is 83.3. The molecule has 436 valence electrons. The zero-order valence-corrected chi connectivity index (χ0v) is 49.6. The van der Waals surface area contributed by atoms with E-state index < -0.39 is 36.1 Å². The number of nitrogens with zero attached hydrogens (tertiary/aromatic N) is 4. The lowest BCUT2D eigenvalue weighted by Crippen LogP contribution is -2.14. The molecule has 17 heteroatoms. The second-order valence-electron chi connectivity index (χ2n) is 22.5. The zero-order valence-electron chi connectivity index (χ0n) is 49.6. The summed E-state index contributed by atoms with van der Waals surface area (Å²) in [6, 6.07) is 15.8. The first-order chi connectivity index (χ1) is 40.4. The molecule has 4 aliphatic rings. The second-order valence-corrected chi connectivity index (χ2v) is 22.5. The van der Waals surface area contributed by atoms with Gasteiger partial charge < -0.3 is 45.1 Å². The molecule has 8 N–H and O–H groups in total. The van der Waals surface area contributed by atoms with Gasteiger partial charge in [-0.05, 0) is 210 Å². The van der Waals surface area contributed by atoms with Gasteiger partial charge in [-0.2, -0.15) is 0 Å². The number of rotatable bonds is 18. The van der Waals surface area contributed by atoms with Gasteiger partial charge in [-0.3, -0.25) is 19.2 Å². The van der Waals surface area contributed by atoms with Crippen LogP contribution in [0.4, 0.5) is 0 Å². The minimum atomic E-state index is -0.941. The molecule has 16 bridgehead atoms. The van der Waals surface area contributed by atoms with Crippen molar-refractivity contribution < 1.29 is 44.3 Å². The van der Waals surface area contributed by atoms with Gasteiger partial charge in [0.2, 0.25) is 0 Å². The van der Waals surface area contributed by atoms with Gasteiger partial charge in [-0.15, -0.1) is 0 Å². The molecule has 4 aliphatic heterocycles. The van der Waals surface area contributed by atoms with E-state index in [1.54, 1.807) is 0 Å². The zero-order chi connectivity index (χ0) is 61.0. The maximum Gasteiger partial charge on any atom is 0.303 e. The summed E-state index contributed by atoms with van der Waals surface area (Å²) < 4.78 is 7.28. The summed E-state index contributed by atoms with van der Waals surface area (Å²) in [6.45, 7) is 28.4. The van der Waals surface area contributed by atoms with E-state index in [0.717, 1.165) is 128 Å². The topological polar surface area (TPSA) is 273 Å². The van der Waals surface area contributed by atoms with E-state index in [-0.39, 0.29) is 51.4 Å². The maximum absolute atomic E-state index is 12.1. The maximum atomic E-state index is 12.1. The van der Waals surface area contributed by atoms with Gasteiger partial charge in [0.25, 0.3) is 0 Å². The molecule has 6 aromatic rings. The molecule has 0 aromatic carbocycles. The minimum absolute atomic E-state index is 0.0832. The number of nitrogens with one attached hydrogen (secondary N) is 4. The third-order valence-electron chi connectivity index (χ3n) is 17.3. The highest BCUT2D eigenvalue weighted by Gasteiger charge is 2.29. The van der Waals surface area contributed by atoms with Crippen molar-refractivity contribution >= 4 is 125 Å². The van der Waals surface area contributed by atoms with Gasteiger partial charge in [0.15, 0.2) is 0 Å². The molecular formula is C68H70N8O9. The molecule has 10 heterocycles. The number of carboxylic acids is 4. The van der Waals surface area contributed by atoms with Crippen LogP contribution >= 0.6 is 0 Å². The first-order valence-corrected chi connectivity index (χ1v) is 28.5. The summed E-state index contributed by atoms with van der Waals surface area (Å²) in [5.41, 5.74) is 24.8. The Morgan fingerprint density at radius 1 is 0.424 bits per heavy atom. The van der Waals surface area contributed by atoms with Crippen molar-refractivity contribution in [3.05, 3.63) is 152 Å². The smallest absolute Gasteiger partial charge is 0.303 e. The molecule has 0 radical (unpaired) electrons. The number of aromatic nitrogens is 8. The van der Waals surface area contributed by atoms with Crippen molar-refractivity contribution in [3.8, 4) is 0 Å². The van der Waals surface area contributed by atoms with Gasteiger partial charge in [0.05, 0.1) is 57.8 Å². The SMILES string of the molecule is C=Cc1c(C)c2cc3[nH]c(cc4nc(cc5nc(cc1[nH]2)C(C)=C5CCC(=O)O)C(CCC(=O)O)=C4C)c(C)c3C(C)OC(C)C1=C(C)c2cc3nc(cc4[nH]c(cc5[nH]c(cc1n2)c(C)c5C=C)c(C)c4CCC(=O)O)C(CCC(=O)O)=C3C. The Morgan fingerprint density at radius 3 is 1.29 bits per heavy atom. The molecule has 0 spiro atoms. The number of allylic oxidation sites excluding steroid dienone is 7. The van der Waals surface area contributed by atoms with E-state index in [2.05, 4.69) is 39.2 Å². The third-order valence-corrected chi connectivity index (χ3v) is 17.3. The van der Waals surface area contributed by atoms with Crippen LogP contribution in [0.3, 0.4) is 0 Å². The van der Waals surface area contributed by atoms with E-state index in [4.69, 9.17) is 24.7 Å². The molecular weight excluding hydrogens is 1070 g/mol.